The van der Waals surface area contributed by atoms with E-state index in [1.807, 2.05) is 55.5 Å². The molecule has 6 nitrogen and oxygen atoms in total. The van der Waals surface area contributed by atoms with Crippen molar-refractivity contribution in [1.29, 1.82) is 0 Å². The summed E-state index contributed by atoms with van der Waals surface area (Å²) in [5, 5.41) is 5.57. The molecule has 0 unspecified atom stereocenters. The van der Waals surface area contributed by atoms with Crippen LogP contribution in [0.15, 0.2) is 78.9 Å². The fourth-order valence-electron chi connectivity index (χ4n) is 3.24. The molecule has 0 aliphatic carbocycles. The summed E-state index contributed by atoms with van der Waals surface area (Å²) in [5.41, 5.74) is 4.01. The monoisotopic (exact) mass is 444 g/mol. The van der Waals surface area contributed by atoms with Crippen LogP contribution in [0.3, 0.4) is 0 Å². The number of hydrogen-bond acceptors (Lipinski definition) is 4. The maximum Gasteiger partial charge on any atom is 0.306 e. The Bertz CT molecular complexity index is 1080. The van der Waals surface area contributed by atoms with Crippen LogP contribution in [0.1, 0.15) is 40.7 Å². The van der Waals surface area contributed by atoms with Gasteiger partial charge in [-0.25, -0.2) is 0 Å². The smallest absolute Gasteiger partial charge is 0.306 e. The molecule has 0 heterocycles. The number of nitrogens with one attached hydrogen (secondary N) is 2. The van der Waals surface area contributed by atoms with Crippen molar-refractivity contribution >= 4 is 29.2 Å². The number of carbonyl (C=O) groups is 3. The van der Waals surface area contributed by atoms with E-state index in [0.29, 0.717) is 23.5 Å². The number of ether oxygens (including phenoxy) is 1. The van der Waals surface area contributed by atoms with Gasteiger partial charge in [0.25, 0.3) is 5.91 Å². The van der Waals surface area contributed by atoms with E-state index in [1.54, 1.807) is 30.3 Å². The Morgan fingerprint density at radius 1 is 0.788 bits per heavy atom. The van der Waals surface area contributed by atoms with Crippen LogP contribution < -0.4 is 10.6 Å². The van der Waals surface area contributed by atoms with E-state index in [0.717, 1.165) is 18.4 Å². The van der Waals surface area contributed by atoms with Gasteiger partial charge in [-0.05, 0) is 61.7 Å². The SMILES string of the molecule is Cc1cccc(C(=O)Nc2ccc(NC(=O)CCC(=O)OCCCc3ccccc3)cc2)c1. The zero-order valence-electron chi connectivity index (χ0n) is 18.7. The number of esters is 1. The van der Waals surface area contributed by atoms with Crippen molar-refractivity contribution in [2.24, 2.45) is 0 Å². The highest BCUT2D eigenvalue weighted by Gasteiger charge is 2.10. The van der Waals surface area contributed by atoms with Gasteiger partial charge < -0.3 is 15.4 Å². The number of amides is 2. The predicted octanol–water partition coefficient (Wildman–Crippen LogP) is 5.14. The molecule has 0 atom stereocenters. The number of rotatable bonds is 10. The molecule has 0 aliphatic rings. The zero-order chi connectivity index (χ0) is 23.5. The molecule has 3 rings (SSSR count). The second kappa shape index (κ2) is 12.2. The van der Waals surface area contributed by atoms with Gasteiger partial charge in [0, 0.05) is 23.4 Å². The quantitative estimate of drug-likeness (QED) is 0.335. The van der Waals surface area contributed by atoms with Crippen LogP contribution >= 0.6 is 0 Å². The van der Waals surface area contributed by atoms with E-state index in [2.05, 4.69) is 10.6 Å². The first-order chi connectivity index (χ1) is 16.0. The Balaban J connectivity index is 1.35. The molecule has 3 aromatic rings. The molecule has 0 spiro atoms. The lowest BCUT2D eigenvalue weighted by Gasteiger charge is -2.09. The molecule has 0 bridgehead atoms. The summed E-state index contributed by atoms with van der Waals surface area (Å²) in [4.78, 5) is 36.3. The molecule has 0 fully saturated rings. The summed E-state index contributed by atoms with van der Waals surface area (Å²) in [6.07, 6.45) is 1.66. The lowest BCUT2D eigenvalue weighted by molar-refractivity contribution is -0.144. The van der Waals surface area contributed by atoms with Gasteiger partial charge in [0.05, 0.1) is 13.0 Å². The van der Waals surface area contributed by atoms with Crippen LogP contribution in [0.25, 0.3) is 0 Å². The van der Waals surface area contributed by atoms with Crippen molar-refractivity contribution in [3.8, 4) is 0 Å². The van der Waals surface area contributed by atoms with Crippen molar-refractivity contribution in [2.75, 3.05) is 17.2 Å². The van der Waals surface area contributed by atoms with Crippen molar-refractivity contribution in [3.05, 3.63) is 95.6 Å². The van der Waals surface area contributed by atoms with Crippen LogP contribution in [-0.2, 0) is 20.7 Å². The lowest BCUT2D eigenvalue weighted by Crippen LogP contribution is -2.15. The molecule has 0 saturated heterocycles. The summed E-state index contributed by atoms with van der Waals surface area (Å²) < 4.78 is 5.20. The maximum atomic E-state index is 12.3. The molecule has 3 aromatic carbocycles. The third-order valence-electron chi connectivity index (χ3n) is 4.98. The molecule has 0 radical (unpaired) electrons. The molecule has 33 heavy (non-hydrogen) atoms. The van der Waals surface area contributed by atoms with Crippen LogP contribution in [-0.4, -0.2) is 24.4 Å². The standard InChI is InChI=1S/C27H28N2O4/c1-20-7-5-11-22(19-20)27(32)29-24-14-12-23(13-15-24)28-25(30)16-17-26(31)33-18-6-10-21-8-3-2-4-9-21/h2-5,7-9,11-15,19H,6,10,16-18H2,1H3,(H,28,30)(H,29,32). The van der Waals surface area contributed by atoms with Gasteiger partial charge in [-0.1, -0.05) is 48.0 Å². The van der Waals surface area contributed by atoms with Crippen LogP contribution in [0.5, 0.6) is 0 Å². The predicted molar refractivity (Wildman–Crippen MR) is 129 cm³/mol. The summed E-state index contributed by atoms with van der Waals surface area (Å²) in [7, 11) is 0. The molecular formula is C27H28N2O4. The molecule has 0 aliphatic heterocycles. The van der Waals surface area contributed by atoms with E-state index in [-0.39, 0.29) is 30.6 Å². The number of aryl methyl sites for hydroxylation is 2. The van der Waals surface area contributed by atoms with Crippen molar-refractivity contribution in [3.63, 3.8) is 0 Å². The van der Waals surface area contributed by atoms with Gasteiger partial charge in [0.1, 0.15) is 0 Å². The van der Waals surface area contributed by atoms with Gasteiger partial charge in [0.15, 0.2) is 0 Å². The first-order valence-electron chi connectivity index (χ1n) is 11.0. The highest BCUT2D eigenvalue weighted by atomic mass is 16.5. The van der Waals surface area contributed by atoms with E-state index in [1.165, 1.54) is 5.56 Å². The van der Waals surface area contributed by atoms with Crippen LogP contribution in [0.2, 0.25) is 0 Å². The largest absolute Gasteiger partial charge is 0.466 e. The van der Waals surface area contributed by atoms with Crippen molar-refractivity contribution in [2.45, 2.75) is 32.6 Å². The van der Waals surface area contributed by atoms with Gasteiger partial charge in [-0.15, -0.1) is 0 Å². The molecule has 0 saturated carbocycles. The topological polar surface area (TPSA) is 84.5 Å². The van der Waals surface area contributed by atoms with Gasteiger partial charge >= 0.3 is 5.97 Å². The van der Waals surface area contributed by atoms with Crippen molar-refractivity contribution in [1.82, 2.24) is 0 Å². The van der Waals surface area contributed by atoms with E-state index in [9.17, 15) is 14.4 Å². The van der Waals surface area contributed by atoms with E-state index >= 15 is 0 Å². The summed E-state index contributed by atoms with van der Waals surface area (Å²) in [5.74, 6) is -0.849. The van der Waals surface area contributed by atoms with Gasteiger partial charge in [-0.3, -0.25) is 14.4 Å². The average Bonchev–Trinajstić information content (AvgIpc) is 2.82. The Hall–Kier alpha value is -3.93. The first kappa shape index (κ1) is 23.7. The van der Waals surface area contributed by atoms with Crippen LogP contribution in [0.4, 0.5) is 11.4 Å². The first-order valence-corrected chi connectivity index (χ1v) is 11.0. The summed E-state index contributed by atoms with van der Waals surface area (Å²) in [6, 6.07) is 24.2. The summed E-state index contributed by atoms with van der Waals surface area (Å²) in [6.45, 7) is 2.27. The number of hydrogen-bond donors (Lipinski definition) is 2. The lowest BCUT2D eigenvalue weighted by atomic mass is 10.1. The molecular weight excluding hydrogens is 416 g/mol. The molecule has 170 valence electrons. The van der Waals surface area contributed by atoms with E-state index in [4.69, 9.17) is 4.74 Å². The van der Waals surface area contributed by atoms with Gasteiger partial charge in [0.2, 0.25) is 5.91 Å². The number of anilines is 2. The Kier molecular flexibility index (Phi) is 8.77. The molecule has 2 amide bonds. The number of carbonyl (C=O) groups excluding carboxylic acids is 3. The number of benzene rings is 3. The fraction of sp³-hybridized carbons (Fsp3) is 0.222. The second-order valence-electron chi connectivity index (χ2n) is 7.76. The molecule has 2 N–H and O–H groups in total. The van der Waals surface area contributed by atoms with Crippen molar-refractivity contribution < 1.29 is 19.1 Å². The molecule has 0 aromatic heterocycles. The maximum absolute atomic E-state index is 12.3. The Morgan fingerprint density at radius 3 is 2.18 bits per heavy atom. The normalized spacial score (nSPS) is 10.3. The third kappa shape index (κ3) is 8.26. The molecule has 6 heteroatoms. The fourth-order valence-corrected chi connectivity index (χ4v) is 3.24. The van der Waals surface area contributed by atoms with Crippen LogP contribution in [0, 0.1) is 6.92 Å². The minimum Gasteiger partial charge on any atom is -0.466 e. The zero-order valence-corrected chi connectivity index (χ0v) is 18.7. The van der Waals surface area contributed by atoms with E-state index < -0.39 is 0 Å². The highest BCUT2D eigenvalue weighted by molar-refractivity contribution is 6.04. The average molecular weight is 445 g/mol. The minimum atomic E-state index is -0.382. The summed E-state index contributed by atoms with van der Waals surface area (Å²) >= 11 is 0. The minimum absolute atomic E-state index is 0.0296. The Labute approximate surface area is 194 Å². The Morgan fingerprint density at radius 2 is 1.48 bits per heavy atom. The third-order valence-corrected chi connectivity index (χ3v) is 4.98. The van der Waals surface area contributed by atoms with Gasteiger partial charge in [-0.2, -0.15) is 0 Å². The highest BCUT2D eigenvalue weighted by Crippen LogP contribution is 2.16. The second-order valence-corrected chi connectivity index (χ2v) is 7.76.